The van der Waals surface area contributed by atoms with Gasteiger partial charge in [0.2, 0.25) is 0 Å². The molecule has 1 aliphatic heterocycles. The van der Waals surface area contributed by atoms with Gasteiger partial charge in [-0.25, -0.2) is 0 Å². The van der Waals surface area contributed by atoms with Gasteiger partial charge >= 0.3 is 0 Å². The van der Waals surface area contributed by atoms with Crippen molar-refractivity contribution >= 4 is 0 Å². The molecule has 9 heavy (non-hydrogen) atoms. The number of ether oxygens (including phenoxy) is 1. The molecule has 0 saturated carbocycles. The van der Waals surface area contributed by atoms with Crippen LogP contribution >= 0.6 is 0 Å². The SMILES string of the molecule is CC=CC(C)C1CCO1. The first-order valence-electron chi connectivity index (χ1n) is 3.59. The maximum absolute atomic E-state index is 5.29. The predicted octanol–water partition coefficient (Wildman–Crippen LogP) is 1.99. The van der Waals surface area contributed by atoms with Crippen molar-refractivity contribution in [3.63, 3.8) is 0 Å². The second-order valence-corrected chi connectivity index (χ2v) is 2.58. The second-order valence-electron chi connectivity index (χ2n) is 2.58. The van der Waals surface area contributed by atoms with Crippen LogP contribution in [-0.2, 0) is 4.74 Å². The summed E-state index contributed by atoms with van der Waals surface area (Å²) in [5.74, 6) is 0.615. The monoisotopic (exact) mass is 126 g/mol. The molecular weight excluding hydrogens is 112 g/mol. The normalized spacial score (nSPS) is 30.2. The molecule has 0 amide bonds. The van der Waals surface area contributed by atoms with Crippen molar-refractivity contribution in [3.8, 4) is 0 Å². The van der Waals surface area contributed by atoms with Gasteiger partial charge in [-0.1, -0.05) is 19.1 Å². The molecule has 0 aromatic heterocycles. The van der Waals surface area contributed by atoms with E-state index in [2.05, 4.69) is 26.0 Å². The van der Waals surface area contributed by atoms with Crippen LogP contribution in [0, 0.1) is 5.92 Å². The molecular formula is C8H14O. The molecule has 0 N–H and O–H groups in total. The van der Waals surface area contributed by atoms with E-state index in [4.69, 9.17) is 4.74 Å². The van der Waals surface area contributed by atoms with Crippen LogP contribution in [0.2, 0.25) is 0 Å². The molecule has 0 aromatic carbocycles. The van der Waals surface area contributed by atoms with E-state index in [0.29, 0.717) is 12.0 Å². The average Bonchev–Trinajstić information content (AvgIpc) is 1.60. The molecule has 1 fully saturated rings. The Morgan fingerprint density at radius 2 is 2.33 bits per heavy atom. The van der Waals surface area contributed by atoms with Crippen molar-refractivity contribution in [1.82, 2.24) is 0 Å². The minimum Gasteiger partial charge on any atom is -0.377 e. The van der Waals surface area contributed by atoms with Crippen molar-refractivity contribution in [2.24, 2.45) is 5.92 Å². The van der Waals surface area contributed by atoms with Crippen molar-refractivity contribution in [2.45, 2.75) is 26.4 Å². The molecule has 1 saturated heterocycles. The van der Waals surface area contributed by atoms with Crippen LogP contribution in [0.3, 0.4) is 0 Å². The summed E-state index contributed by atoms with van der Waals surface area (Å²) in [5.41, 5.74) is 0. The van der Waals surface area contributed by atoms with Gasteiger partial charge < -0.3 is 4.74 Å². The lowest BCUT2D eigenvalue weighted by atomic mass is 9.98. The fourth-order valence-electron chi connectivity index (χ4n) is 1.10. The van der Waals surface area contributed by atoms with Crippen molar-refractivity contribution in [2.75, 3.05) is 6.61 Å². The fraction of sp³-hybridized carbons (Fsp3) is 0.750. The molecule has 0 aliphatic carbocycles. The maximum Gasteiger partial charge on any atom is 0.0656 e. The summed E-state index contributed by atoms with van der Waals surface area (Å²) in [4.78, 5) is 0. The lowest BCUT2D eigenvalue weighted by Gasteiger charge is -2.30. The van der Waals surface area contributed by atoms with Crippen LogP contribution in [0.4, 0.5) is 0 Å². The summed E-state index contributed by atoms with van der Waals surface area (Å²) in [6.45, 7) is 5.21. The minimum absolute atomic E-state index is 0.515. The summed E-state index contributed by atoms with van der Waals surface area (Å²) in [7, 11) is 0. The highest BCUT2D eigenvalue weighted by Crippen LogP contribution is 2.20. The maximum atomic E-state index is 5.29. The van der Waals surface area contributed by atoms with Gasteiger partial charge in [0.15, 0.2) is 0 Å². The largest absolute Gasteiger partial charge is 0.377 e. The summed E-state index contributed by atoms with van der Waals surface area (Å²) < 4.78 is 5.29. The van der Waals surface area contributed by atoms with Gasteiger partial charge in [0, 0.05) is 12.5 Å². The third-order valence-electron chi connectivity index (χ3n) is 1.82. The summed E-state index contributed by atoms with van der Waals surface area (Å²) in [6, 6.07) is 0. The third kappa shape index (κ3) is 1.55. The van der Waals surface area contributed by atoms with E-state index in [-0.39, 0.29) is 0 Å². The zero-order valence-corrected chi connectivity index (χ0v) is 6.13. The highest BCUT2D eigenvalue weighted by molar-refractivity contribution is 4.89. The highest BCUT2D eigenvalue weighted by Gasteiger charge is 2.22. The molecule has 1 heterocycles. The minimum atomic E-state index is 0.515. The van der Waals surface area contributed by atoms with Gasteiger partial charge in [0.25, 0.3) is 0 Å². The van der Waals surface area contributed by atoms with Crippen molar-refractivity contribution in [1.29, 1.82) is 0 Å². The van der Waals surface area contributed by atoms with Gasteiger partial charge in [0.1, 0.15) is 0 Å². The zero-order valence-electron chi connectivity index (χ0n) is 6.13. The number of allylic oxidation sites excluding steroid dienone is 1. The Balaban J connectivity index is 2.23. The summed E-state index contributed by atoms with van der Waals surface area (Å²) in [6.07, 6.45) is 6.04. The summed E-state index contributed by atoms with van der Waals surface area (Å²) >= 11 is 0. The Hall–Kier alpha value is -0.300. The first kappa shape index (κ1) is 6.81. The van der Waals surface area contributed by atoms with Crippen LogP contribution in [0.25, 0.3) is 0 Å². The first-order chi connectivity index (χ1) is 4.34. The van der Waals surface area contributed by atoms with E-state index in [1.165, 1.54) is 6.42 Å². The number of hydrogen-bond donors (Lipinski definition) is 0. The van der Waals surface area contributed by atoms with E-state index in [1.807, 2.05) is 0 Å². The Morgan fingerprint density at radius 1 is 1.67 bits per heavy atom. The van der Waals surface area contributed by atoms with Crippen molar-refractivity contribution in [3.05, 3.63) is 12.2 Å². The second kappa shape index (κ2) is 3.02. The summed E-state index contributed by atoms with van der Waals surface area (Å²) in [5, 5.41) is 0. The molecule has 1 aliphatic rings. The highest BCUT2D eigenvalue weighted by atomic mass is 16.5. The van der Waals surface area contributed by atoms with Crippen LogP contribution in [0.5, 0.6) is 0 Å². The molecule has 2 unspecified atom stereocenters. The quantitative estimate of drug-likeness (QED) is 0.514. The molecule has 1 nitrogen and oxygen atoms in total. The smallest absolute Gasteiger partial charge is 0.0656 e. The van der Waals surface area contributed by atoms with E-state index in [0.717, 1.165) is 6.61 Å². The fourth-order valence-corrected chi connectivity index (χ4v) is 1.10. The molecule has 0 radical (unpaired) electrons. The molecule has 0 bridgehead atoms. The Bertz CT molecular complexity index is 103. The van der Waals surface area contributed by atoms with Crippen LogP contribution < -0.4 is 0 Å². The van der Waals surface area contributed by atoms with Crippen LogP contribution in [-0.4, -0.2) is 12.7 Å². The molecule has 1 rings (SSSR count). The van der Waals surface area contributed by atoms with Gasteiger partial charge in [-0.05, 0) is 13.3 Å². The van der Waals surface area contributed by atoms with E-state index in [9.17, 15) is 0 Å². The first-order valence-corrected chi connectivity index (χ1v) is 3.59. The van der Waals surface area contributed by atoms with E-state index < -0.39 is 0 Å². The lowest BCUT2D eigenvalue weighted by Crippen LogP contribution is -2.31. The average molecular weight is 126 g/mol. The van der Waals surface area contributed by atoms with Crippen molar-refractivity contribution < 1.29 is 4.74 Å². The topological polar surface area (TPSA) is 9.23 Å². The predicted molar refractivity (Wildman–Crippen MR) is 38.3 cm³/mol. The number of rotatable bonds is 2. The molecule has 0 spiro atoms. The lowest BCUT2D eigenvalue weighted by molar-refractivity contribution is -0.0701. The molecule has 2 atom stereocenters. The Morgan fingerprint density at radius 3 is 2.67 bits per heavy atom. The zero-order chi connectivity index (χ0) is 6.69. The van der Waals surface area contributed by atoms with Crippen LogP contribution in [0.1, 0.15) is 20.3 Å². The van der Waals surface area contributed by atoms with Gasteiger partial charge in [0.05, 0.1) is 6.10 Å². The molecule has 0 aromatic rings. The van der Waals surface area contributed by atoms with Crippen LogP contribution in [0.15, 0.2) is 12.2 Å². The molecule has 52 valence electrons. The van der Waals surface area contributed by atoms with E-state index in [1.54, 1.807) is 0 Å². The van der Waals surface area contributed by atoms with E-state index >= 15 is 0 Å². The Kier molecular flexibility index (Phi) is 2.29. The third-order valence-corrected chi connectivity index (χ3v) is 1.82. The molecule has 1 heteroatoms. The van der Waals surface area contributed by atoms with Gasteiger partial charge in [-0.3, -0.25) is 0 Å². The van der Waals surface area contributed by atoms with Gasteiger partial charge in [-0.15, -0.1) is 0 Å². The number of hydrogen-bond acceptors (Lipinski definition) is 1. The standard InChI is InChI=1S/C8H14O/c1-3-4-7(2)8-5-6-9-8/h3-4,7-8H,5-6H2,1-2H3. The van der Waals surface area contributed by atoms with Gasteiger partial charge in [-0.2, -0.15) is 0 Å². The Labute approximate surface area is 56.7 Å².